The van der Waals surface area contributed by atoms with E-state index in [1.54, 1.807) is 0 Å². The lowest BCUT2D eigenvalue weighted by Crippen LogP contribution is -1.99. The lowest BCUT2D eigenvalue weighted by molar-refractivity contribution is 0.768. The normalized spacial score (nSPS) is 10.8. The number of nitrogens with one attached hydrogen (secondary N) is 1. The van der Waals surface area contributed by atoms with E-state index >= 15 is 0 Å². The van der Waals surface area contributed by atoms with E-state index in [4.69, 9.17) is 12.2 Å². The number of hydrogen-bond acceptors (Lipinski definition) is 2. The Kier molecular flexibility index (Phi) is 3.07. The number of aryl methyl sites for hydroxylation is 2. The molecule has 0 radical (unpaired) electrons. The predicted molar refractivity (Wildman–Crippen MR) is 67.2 cm³/mol. The molecule has 0 saturated carbocycles. The fourth-order valence-corrected chi connectivity index (χ4v) is 2.75. The first kappa shape index (κ1) is 10.6. The molecule has 0 aliphatic carbocycles. The molecule has 0 spiro atoms. The van der Waals surface area contributed by atoms with Crippen LogP contribution < -0.4 is 0 Å². The molecule has 0 atom stereocenters. The smallest absolute Gasteiger partial charge is 0.177 e. The van der Waals surface area contributed by atoms with Gasteiger partial charge in [0.2, 0.25) is 0 Å². The van der Waals surface area contributed by atoms with Crippen LogP contribution >= 0.6 is 23.6 Å². The van der Waals surface area contributed by atoms with Crippen LogP contribution in [0.25, 0.3) is 0 Å². The topological polar surface area (TPSA) is 20.7 Å². The van der Waals surface area contributed by atoms with E-state index in [1.165, 1.54) is 15.4 Å². The summed E-state index contributed by atoms with van der Waals surface area (Å²) in [6.45, 7) is 5.14. The van der Waals surface area contributed by atoms with Gasteiger partial charge in [0, 0.05) is 21.6 Å². The molecular weight excluding hydrogens is 224 g/mol. The molecule has 0 fully saturated rings. The molecule has 2 rings (SSSR count). The first-order valence-electron chi connectivity index (χ1n) is 5.03. The molecule has 1 N–H and O–H groups in total. The Morgan fingerprint density at radius 3 is 2.67 bits per heavy atom. The predicted octanol–water partition coefficient (Wildman–Crippen LogP) is 3.53. The fourth-order valence-electron chi connectivity index (χ4n) is 1.53. The maximum Gasteiger partial charge on any atom is 0.177 e. The number of hydrogen-bond donors (Lipinski definition) is 1. The second-order valence-corrected chi connectivity index (χ2v) is 5.18. The summed E-state index contributed by atoms with van der Waals surface area (Å²) < 4.78 is 2.93. The van der Waals surface area contributed by atoms with Gasteiger partial charge in [-0.3, -0.25) is 0 Å². The Hall–Kier alpha value is -0.870. The number of nitrogens with zero attached hydrogens (tertiary/aromatic N) is 1. The van der Waals surface area contributed by atoms with Crippen LogP contribution in [0.5, 0.6) is 0 Å². The summed E-state index contributed by atoms with van der Waals surface area (Å²) in [5.74, 6) is 0. The average Bonchev–Trinajstić information content (AvgIpc) is 2.80. The Morgan fingerprint density at radius 2 is 2.13 bits per heavy atom. The SMILES string of the molecule is CCc1ccc(Cn2c(C)c[nH]c2=S)s1. The van der Waals surface area contributed by atoms with E-state index in [-0.39, 0.29) is 0 Å². The molecule has 2 heterocycles. The molecule has 2 nitrogen and oxygen atoms in total. The highest BCUT2D eigenvalue weighted by molar-refractivity contribution is 7.71. The van der Waals surface area contributed by atoms with Gasteiger partial charge in [0.1, 0.15) is 0 Å². The van der Waals surface area contributed by atoms with E-state index in [1.807, 2.05) is 17.5 Å². The van der Waals surface area contributed by atoms with Crippen molar-refractivity contribution >= 4 is 23.6 Å². The molecule has 80 valence electrons. The lowest BCUT2D eigenvalue weighted by Gasteiger charge is -2.02. The Balaban J connectivity index is 2.25. The molecule has 0 bridgehead atoms. The second kappa shape index (κ2) is 4.33. The lowest BCUT2D eigenvalue weighted by atomic mass is 10.3. The van der Waals surface area contributed by atoms with Crippen LogP contribution in [0.4, 0.5) is 0 Å². The van der Waals surface area contributed by atoms with Gasteiger partial charge in [0.25, 0.3) is 0 Å². The van der Waals surface area contributed by atoms with Crippen LogP contribution in [-0.4, -0.2) is 9.55 Å². The van der Waals surface area contributed by atoms with Crippen molar-refractivity contribution in [1.29, 1.82) is 0 Å². The summed E-state index contributed by atoms with van der Waals surface area (Å²) in [6.07, 6.45) is 3.07. The van der Waals surface area contributed by atoms with Crippen molar-refractivity contribution in [2.45, 2.75) is 26.8 Å². The first-order valence-corrected chi connectivity index (χ1v) is 6.25. The minimum absolute atomic E-state index is 0.805. The van der Waals surface area contributed by atoms with Gasteiger partial charge < -0.3 is 9.55 Å². The summed E-state index contributed by atoms with van der Waals surface area (Å²) >= 11 is 7.09. The molecule has 2 aromatic heterocycles. The van der Waals surface area contributed by atoms with Crippen molar-refractivity contribution < 1.29 is 0 Å². The molecule has 0 saturated heterocycles. The quantitative estimate of drug-likeness (QED) is 0.811. The molecular formula is C11H14N2S2. The second-order valence-electron chi connectivity index (χ2n) is 3.54. The minimum atomic E-state index is 0.805. The Labute approximate surface area is 98.6 Å². The molecule has 0 aliphatic rings. The summed E-state index contributed by atoms with van der Waals surface area (Å²) in [5, 5.41) is 0. The third kappa shape index (κ3) is 2.21. The highest BCUT2D eigenvalue weighted by Gasteiger charge is 2.03. The fraction of sp³-hybridized carbons (Fsp3) is 0.364. The zero-order valence-corrected chi connectivity index (χ0v) is 10.5. The van der Waals surface area contributed by atoms with Crippen LogP contribution in [-0.2, 0) is 13.0 Å². The molecule has 0 aliphatic heterocycles. The van der Waals surface area contributed by atoms with E-state index in [0.29, 0.717) is 0 Å². The average molecular weight is 238 g/mol. The third-order valence-corrected chi connectivity index (χ3v) is 4.01. The molecule has 0 aromatic carbocycles. The van der Waals surface area contributed by atoms with Gasteiger partial charge in [-0.2, -0.15) is 0 Å². The maximum atomic E-state index is 5.22. The summed E-state index contributed by atoms with van der Waals surface area (Å²) in [5.41, 5.74) is 1.19. The Bertz CT molecular complexity index is 505. The van der Waals surface area contributed by atoms with Gasteiger partial charge in [-0.1, -0.05) is 6.92 Å². The zero-order valence-electron chi connectivity index (χ0n) is 8.91. The van der Waals surface area contributed by atoms with Crippen molar-refractivity contribution in [3.63, 3.8) is 0 Å². The Morgan fingerprint density at radius 1 is 1.40 bits per heavy atom. The minimum Gasteiger partial charge on any atom is -0.337 e. The molecule has 4 heteroatoms. The first-order chi connectivity index (χ1) is 7.20. The van der Waals surface area contributed by atoms with E-state index < -0.39 is 0 Å². The maximum absolute atomic E-state index is 5.22. The highest BCUT2D eigenvalue weighted by atomic mass is 32.1. The van der Waals surface area contributed by atoms with Gasteiger partial charge >= 0.3 is 0 Å². The van der Waals surface area contributed by atoms with E-state index in [2.05, 4.69) is 35.5 Å². The van der Waals surface area contributed by atoms with Crippen LogP contribution in [0.15, 0.2) is 18.3 Å². The number of aromatic amines is 1. The number of thiophene rings is 1. The van der Waals surface area contributed by atoms with Gasteiger partial charge in [-0.05, 0) is 37.7 Å². The molecule has 0 unspecified atom stereocenters. The van der Waals surface area contributed by atoms with Crippen molar-refractivity contribution in [2.75, 3.05) is 0 Å². The summed E-state index contributed by atoms with van der Waals surface area (Å²) in [7, 11) is 0. The van der Waals surface area contributed by atoms with Gasteiger partial charge in [-0.15, -0.1) is 11.3 Å². The molecule has 2 aromatic rings. The largest absolute Gasteiger partial charge is 0.337 e. The van der Waals surface area contributed by atoms with Crippen LogP contribution in [0.1, 0.15) is 22.4 Å². The van der Waals surface area contributed by atoms with Crippen molar-refractivity contribution in [1.82, 2.24) is 9.55 Å². The van der Waals surface area contributed by atoms with Crippen LogP contribution in [0, 0.1) is 11.7 Å². The zero-order chi connectivity index (χ0) is 10.8. The monoisotopic (exact) mass is 238 g/mol. The molecule has 0 amide bonds. The van der Waals surface area contributed by atoms with Crippen LogP contribution in [0.2, 0.25) is 0 Å². The highest BCUT2D eigenvalue weighted by Crippen LogP contribution is 2.18. The number of imidazole rings is 1. The number of H-pyrrole nitrogens is 1. The standard InChI is InChI=1S/C11H14N2S2/c1-3-9-4-5-10(15-9)7-13-8(2)6-12-11(13)14/h4-6H,3,7H2,1-2H3,(H,12,14). The third-order valence-electron chi connectivity index (χ3n) is 2.46. The van der Waals surface area contributed by atoms with Gasteiger partial charge in [-0.25, -0.2) is 0 Å². The van der Waals surface area contributed by atoms with Crippen LogP contribution in [0.3, 0.4) is 0 Å². The number of rotatable bonds is 3. The summed E-state index contributed by atoms with van der Waals surface area (Å²) in [4.78, 5) is 5.86. The van der Waals surface area contributed by atoms with E-state index in [9.17, 15) is 0 Å². The van der Waals surface area contributed by atoms with Crippen molar-refractivity contribution in [3.8, 4) is 0 Å². The van der Waals surface area contributed by atoms with Gasteiger partial charge in [0.15, 0.2) is 4.77 Å². The van der Waals surface area contributed by atoms with Crippen molar-refractivity contribution in [2.24, 2.45) is 0 Å². The molecule has 15 heavy (non-hydrogen) atoms. The summed E-state index contributed by atoms with van der Waals surface area (Å²) in [6, 6.07) is 4.39. The van der Waals surface area contributed by atoms with Gasteiger partial charge in [0.05, 0.1) is 6.54 Å². The van der Waals surface area contributed by atoms with Crippen molar-refractivity contribution in [3.05, 3.63) is 38.5 Å². The van der Waals surface area contributed by atoms with E-state index in [0.717, 1.165) is 17.7 Å². The number of aromatic nitrogens is 2.